The number of ether oxygens (including phenoxy) is 1. The lowest BCUT2D eigenvalue weighted by atomic mass is 9.79. The molecule has 136 valence electrons. The van der Waals surface area contributed by atoms with Crippen molar-refractivity contribution in [2.75, 3.05) is 32.8 Å². The zero-order chi connectivity index (χ0) is 17.3. The number of morpholine rings is 1. The Kier molecular flexibility index (Phi) is 4.88. The molecular formula is C18H24BrN3O3. The highest BCUT2D eigenvalue weighted by Crippen LogP contribution is 2.34. The van der Waals surface area contributed by atoms with Gasteiger partial charge >= 0.3 is 0 Å². The molecule has 2 aromatic rings. The van der Waals surface area contributed by atoms with Crippen molar-refractivity contribution in [1.29, 1.82) is 0 Å². The molecule has 1 saturated carbocycles. The van der Waals surface area contributed by atoms with Gasteiger partial charge < -0.3 is 19.5 Å². The standard InChI is InChI=1S/C18H24BrN3O3/c19-16-11-13-15(25-16)10-14(21-13)17(23)20-12-18(4-2-1-3-5-18)22-6-8-24-9-7-22/h10-11,21H,1-9,12H2,(H,20,23). The van der Waals surface area contributed by atoms with E-state index in [2.05, 4.69) is 31.1 Å². The fourth-order valence-electron chi connectivity index (χ4n) is 4.21. The Morgan fingerprint density at radius 2 is 2.00 bits per heavy atom. The minimum absolute atomic E-state index is 0.0688. The van der Waals surface area contributed by atoms with Gasteiger partial charge in [0.25, 0.3) is 5.91 Å². The van der Waals surface area contributed by atoms with E-state index in [0.717, 1.165) is 44.7 Å². The summed E-state index contributed by atoms with van der Waals surface area (Å²) in [6.45, 7) is 4.18. The van der Waals surface area contributed by atoms with Crippen LogP contribution in [-0.4, -0.2) is 54.2 Å². The number of halogens is 1. The second kappa shape index (κ2) is 7.13. The zero-order valence-electron chi connectivity index (χ0n) is 14.3. The Labute approximate surface area is 155 Å². The first-order valence-electron chi connectivity index (χ1n) is 9.05. The number of amides is 1. The van der Waals surface area contributed by atoms with Gasteiger partial charge in [0.15, 0.2) is 10.3 Å². The van der Waals surface area contributed by atoms with Crippen molar-refractivity contribution in [3.05, 3.63) is 22.5 Å². The van der Waals surface area contributed by atoms with Crippen LogP contribution in [0.3, 0.4) is 0 Å². The van der Waals surface area contributed by atoms with Crippen LogP contribution in [0.5, 0.6) is 0 Å². The fourth-order valence-corrected chi connectivity index (χ4v) is 4.61. The normalized spacial score (nSPS) is 21.5. The first kappa shape index (κ1) is 17.1. The Bertz CT molecular complexity index is 710. The van der Waals surface area contributed by atoms with Gasteiger partial charge in [-0.25, -0.2) is 0 Å². The molecule has 2 aromatic heterocycles. The molecule has 25 heavy (non-hydrogen) atoms. The molecular weight excluding hydrogens is 386 g/mol. The maximum atomic E-state index is 12.6. The summed E-state index contributed by atoms with van der Waals surface area (Å²) in [5.41, 5.74) is 2.15. The number of furan rings is 1. The highest BCUT2D eigenvalue weighted by molar-refractivity contribution is 9.10. The van der Waals surface area contributed by atoms with Crippen molar-refractivity contribution < 1.29 is 13.9 Å². The summed E-state index contributed by atoms with van der Waals surface area (Å²) in [6.07, 6.45) is 6.05. The molecule has 0 spiro atoms. The lowest BCUT2D eigenvalue weighted by molar-refractivity contribution is -0.0361. The molecule has 2 N–H and O–H groups in total. The number of nitrogens with zero attached hydrogens (tertiary/aromatic N) is 1. The number of aromatic nitrogens is 1. The van der Waals surface area contributed by atoms with Gasteiger partial charge in [-0.1, -0.05) is 19.3 Å². The van der Waals surface area contributed by atoms with Crippen LogP contribution in [0.25, 0.3) is 11.1 Å². The van der Waals surface area contributed by atoms with Gasteiger partial charge in [-0.15, -0.1) is 0 Å². The minimum Gasteiger partial charge on any atom is -0.448 e. The van der Waals surface area contributed by atoms with Crippen LogP contribution in [0, 0.1) is 0 Å². The van der Waals surface area contributed by atoms with Crippen molar-refractivity contribution in [2.24, 2.45) is 0 Å². The molecule has 2 fully saturated rings. The second-order valence-corrected chi connectivity index (χ2v) is 7.86. The highest BCUT2D eigenvalue weighted by atomic mass is 79.9. The topological polar surface area (TPSA) is 70.5 Å². The van der Waals surface area contributed by atoms with Crippen molar-refractivity contribution in [3.63, 3.8) is 0 Å². The Balaban J connectivity index is 1.46. The number of fused-ring (bicyclic) bond motifs is 1. The summed E-state index contributed by atoms with van der Waals surface area (Å²) in [5.74, 6) is -0.0688. The molecule has 7 heteroatoms. The van der Waals surface area contributed by atoms with E-state index in [-0.39, 0.29) is 11.4 Å². The number of hydrogen-bond acceptors (Lipinski definition) is 4. The van der Waals surface area contributed by atoms with Crippen LogP contribution >= 0.6 is 15.9 Å². The Morgan fingerprint density at radius 3 is 2.72 bits per heavy atom. The van der Waals surface area contributed by atoms with Gasteiger partial charge in [0.1, 0.15) is 5.69 Å². The first-order chi connectivity index (χ1) is 12.2. The molecule has 0 radical (unpaired) electrons. The third-order valence-electron chi connectivity index (χ3n) is 5.56. The van der Waals surface area contributed by atoms with Crippen LogP contribution in [0.15, 0.2) is 21.2 Å². The van der Waals surface area contributed by atoms with Crippen molar-refractivity contribution in [3.8, 4) is 0 Å². The molecule has 1 amide bonds. The molecule has 0 atom stereocenters. The number of carbonyl (C=O) groups excluding carboxylic acids is 1. The SMILES string of the molecule is O=C(NCC1(N2CCOCC2)CCCCC1)c1cc2oc(Br)cc2[nH]1. The second-order valence-electron chi connectivity index (χ2n) is 7.08. The molecule has 1 aliphatic heterocycles. The molecule has 2 aliphatic rings. The number of hydrogen-bond donors (Lipinski definition) is 2. The molecule has 0 unspecified atom stereocenters. The van der Waals surface area contributed by atoms with E-state index in [4.69, 9.17) is 9.15 Å². The van der Waals surface area contributed by atoms with E-state index in [0.29, 0.717) is 22.5 Å². The molecule has 1 saturated heterocycles. The fraction of sp³-hybridized carbons (Fsp3) is 0.611. The maximum absolute atomic E-state index is 12.6. The summed E-state index contributed by atoms with van der Waals surface area (Å²) in [4.78, 5) is 18.3. The average Bonchev–Trinajstić information content (AvgIpc) is 3.19. The van der Waals surface area contributed by atoms with E-state index in [1.54, 1.807) is 6.07 Å². The number of rotatable bonds is 4. The number of H-pyrrole nitrogens is 1. The van der Waals surface area contributed by atoms with E-state index >= 15 is 0 Å². The maximum Gasteiger partial charge on any atom is 0.267 e. The minimum atomic E-state index is -0.0688. The largest absolute Gasteiger partial charge is 0.448 e. The summed E-state index contributed by atoms with van der Waals surface area (Å²) >= 11 is 3.30. The lowest BCUT2D eigenvalue weighted by Crippen LogP contribution is -2.59. The predicted octanol–water partition coefficient (Wildman–Crippen LogP) is 3.29. The van der Waals surface area contributed by atoms with Gasteiger partial charge in [0.2, 0.25) is 0 Å². The molecule has 1 aliphatic carbocycles. The smallest absolute Gasteiger partial charge is 0.267 e. The first-order valence-corrected chi connectivity index (χ1v) is 9.85. The third kappa shape index (κ3) is 3.50. The van der Waals surface area contributed by atoms with E-state index in [1.807, 2.05) is 6.07 Å². The van der Waals surface area contributed by atoms with E-state index in [1.165, 1.54) is 19.3 Å². The summed E-state index contributed by atoms with van der Waals surface area (Å²) in [6, 6.07) is 3.60. The predicted molar refractivity (Wildman–Crippen MR) is 98.8 cm³/mol. The highest BCUT2D eigenvalue weighted by Gasteiger charge is 2.38. The van der Waals surface area contributed by atoms with Crippen LogP contribution in [0.4, 0.5) is 0 Å². The number of carbonyl (C=O) groups is 1. The Hall–Kier alpha value is -1.31. The van der Waals surface area contributed by atoms with E-state index < -0.39 is 0 Å². The van der Waals surface area contributed by atoms with Crippen LogP contribution < -0.4 is 5.32 Å². The molecule has 4 rings (SSSR count). The zero-order valence-corrected chi connectivity index (χ0v) is 15.9. The van der Waals surface area contributed by atoms with Crippen molar-refractivity contribution >= 4 is 32.9 Å². The summed E-state index contributed by atoms with van der Waals surface area (Å²) in [5, 5.41) is 3.17. The quantitative estimate of drug-likeness (QED) is 0.812. The summed E-state index contributed by atoms with van der Waals surface area (Å²) < 4.78 is 11.7. The van der Waals surface area contributed by atoms with Gasteiger partial charge in [0, 0.05) is 37.3 Å². The molecule has 0 aromatic carbocycles. The molecule has 3 heterocycles. The molecule has 0 bridgehead atoms. The number of aromatic amines is 1. The monoisotopic (exact) mass is 409 g/mol. The van der Waals surface area contributed by atoms with Gasteiger partial charge in [-0.3, -0.25) is 9.69 Å². The van der Waals surface area contributed by atoms with Crippen molar-refractivity contribution in [2.45, 2.75) is 37.6 Å². The third-order valence-corrected chi connectivity index (χ3v) is 5.96. The molecule has 6 nitrogen and oxygen atoms in total. The average molecular weight is 410 g/mol. The Morgan fingerprint density at radius 1 is 1.24 bits per heavy atom. The summed E-state index contributed by atoms with van der Waals surface area (Å²) in [7, 11) is 0. The van der Waals surface area contributed by atoms with Gasteiger partial charge in [-0.2, -0.15) is 0 Å². The van der Waals surface area contributed by atoms with Crippen LogP contribution in [0.2, 0.25) is 0 Å². The number of nitrogens with one attached hydrogen (secondary N) is 2. The van der Waals surface area contributed by atoms with Gasteiger partial charge in [-0.05, 0) is 28.8 Å². The lowest BCUT2D eigenvalue weighted by Gasteiger charge is -2.48. The van der Waals surface area contributed by atoms with Crippen LogP contribution in [-0.2, 0) is 4.74 Å². The van der Waals surface area contributed by atoms with Crippen LogP contribution in [0.1, 0.15) is 42.6 Å². The van der Waals surface area contributed by atoms with Crippen molar-refractivity contribution in [1.82, 2.24) is 15.2 Å². The van der Waals surface area contributed by atoms with Gasteiger partial charge in [0.05, 0.1) is 18.7 Å². The van der Waals surface area contributed by atoms with E-state index in [9.17, 15) is 4.79 Å².